The smallest absolute Gasteiger partial charge is 0.305 e. The van der Waals surface area contributed by atoms with Crippen molar-refractivity contribution in [3.63, 3.8) is 0 Å². The number of nitrogens with zero attached hydrogens (tertiary/aromatic N) is 1. The van der Waals surface area contributed by atoms with Gasteiger partial charge in [-0.1, -0.05) is 0 Å². The minimum Gasteiger partial charge on any atom is -0.481 e. The van der Waals surface area contributed by atoms with Crippen molar-refractivity contribution in [1.29, 1.82) is 0 Å². The average Bonchev–Trinajstić information content (AvgIpc) is 2.34. The zero-order chi connectivity index (χ0) is 14.3. The van der Waals surface area contributed by atoms with Gasteiger partial charge in [0.25, 0.3) is 5.69 Å². The summed E-state index contributed by atoms with van der Waals surface area (Å²) in [6.45, 7) is 2.85. The van der Waals surface area contributed by atoms with E-state index < -0.39 is 10.9 Å². The molecule has 0 aliphatic heterocycles. The molecule has 0 bridgehead atoms. The second-order valence-corrected chi connectivity index (χ2v) is 3.94. The fraction of sp³-hybridized carbons (Fsp3) is 0.417. The van der Waals surface area contributed by atoms with Gasteiger partial charge in [0.1, 0.15) is 0 Å². The summed E-state index contributed by atoms with van der Waals surface area (Å²) in [7, 11) is 0. The van der Waals surface area contributed by atoms with Crippen LogP contribution in [0.2, 0.25) is 0 Å². The lowest BCUT2D eigenvalue weighted by molar-refractivity contribution is -0.384. The summed E-state index contributed by atoms with van der Waals surface area (Å²) in [5, 5.41) is 22.0. The molecule has 7 nitrogen and oxygen atoms in total. The minimum atomic E-state index is -0.890. The Bertz CT molecular complexity index is 461. The van der Waals surface area contributed by atoms with Gasteiger partial charge in [0.2, 0.25) is 0 Å². The van der Waals surface area contributed by atoms with Crippen LogP contribution < -0.4 is 5.32 Å². The third-order valence-corrected chi connectivity index (χ3v) is 2.44. The SMILES string of the molecule is Cc1cc([N+](=O)[O-])ccc1NCCOCCC(=O)O. The first-order valence-electron chi connectivity index (χ1n) is 5.79. The first-order chi connectivity index (χ1) is 9.00. The first kappa shape index (κ1) is 14.9. The maximum absolute atomic E-state index is 10.6. The van der Waals surface area contributed by atoms with Gasteiger partial charge in [-0.3, -0.25) is 14.9 Å². The van der Waals surface area contributed by atoms with Crippen LogP contribution in [0.4, 0.5) is 11.4 Å². The number of carbonyl (C=O) groups is 1. The molecule has 0 aliphatic rings. The second kappa shape index (κ2) is 7.32. The summed E-state index contributed by atoms with van der Waals surface area (Å²) >= 11 is 0. The molecule has 1 rings (SSSR count). The molecule has 0 heterocycles. The highest BCUT2D eigenvalue weighted by molar-refractivity contribution is 5.66. The highest BCUT2D eigenvalue weighted by Crippen LogP contribution is 2.20. The molecule has 104 valence electrons. The Labute approximate surface area is 110 Å². The van der Waals surface area contributed by atoms with Crippen molar-refractivity contribution in [2.24, 2.45) is 0 Å². The van der Waals surface area contributed by atoms with Crippen LogP contribution in [-0.2, 0) is 9.53 Å². The lowest BCUT2D eigenvalue weighted by atomic mass is 10.2. The number of ether oxygens (including phenoxy) is 1. The van der Waals surface area contributed by atoms with Gasteiger partial charge in [0, 0.05) is 24.4 Å². The predicted octanol–water partition coefficient (Wildman–Crippen LogP) is 1.81. The van der Waals surface area contributed by atoms with E-state index in [4.69, 9.17) is 9.84 Å². The molecule has 0 atom stereocenters. The molecule has 0 aromatic heterocycles. The zero-order valence-electron chi connectivity index (χ0n) is 10.6. The number of non-ortho nitro benzene ring substituents is 1. The number of carboxylic acids is 1. The van der Waals surface area contributed by atoms with E-state index >= 15 is 0 Å². The van der Waals surface area contributed by atoms with E-state index in [1.54, 1.807) is 13.0 Å². The molecule has 0 unspecified atom stereocenters. The Morgan fingerprint density at radius 2 is 2.21 bits per heavy atom. The molecule has 2 N–H and O–H groups in total. The van der Waals surface area contributed by atoms with E-state index in [1.165, 1.54) is 12.1 Å². The van der Waals surface area contributed by atoms with Crippen LogP contribution in [0.25, 0.3) is 0 Å². The molecule has 0 amide bonds. The van der Waals surface area contributed by atoms with Gasteiger partial charge < -0.3 is 15.2 Å². The number of aliphatic carboxylic acids is 1. The van der Waals surface area contributed by atoms with Gasteiger partial charge in [0.05, 0.1) is 24.6 Å². The molecule has 0 spiro atoms. The molecule has 0 aliphatic carbocycles. The molecule has 0 radical (unpaired) electrons. The van der Waals surface area contributed by atoms with Crippen LogP contribution in [-0.4, -0.2) is 35.8 Å². The lowest BCUT2D eigenvalue weighted by Crippen LogP contribution is -2.12. The van der Waals surface area contributed by atoms with Crippen LogP contribution in [0.3, 0.4) is 0 Å². The summed E-state index contributed by atoms with van der Waals surface area (Å²) in [6, 6.07) is 4.57. The highest BCUT2D eigenvalue weighted by atomic mass is 16.6. The molecule has 7 heteroatoms. The average molecular weight is 268 g/mol. The van der Waals surface area contributed by atoms with Crippen LogP contribution in [0, 0.1) is 17.0 Å². The number of carboxylic acid groups (broad SMARTS) is 1. The van der Waals surface area contributed by atoms with Gasteiger partial charge in [-0.05, 0) is 18.6 Å². The number of nitrogens with one attached hydrogen (secondary N) is 1. The van der Waals surface area contributed by atoms with Crippen molar-refractivity contribution in [1.82, 2.24) is 0 Å². The molecular formula is C12H16N2O5. The topological polar surface area (TPSA) is 102 Å². The summed E-state index contributed by atoms with van der Waals surface area (Å²) < 4.78 is 5.12. The summed E-state index contributed by atoms with van der Waals surface area (Å²) in [5.74, 6) is -0.890. The number of nitro benzene ring substituents is 1. The number of benzene rings is 1. The largest absolute Gasteiger partial charge is 0.481 e. The van der Waals surface area contributed by atoms with E-state index in [9.17, 15) is 14.9 Å². The maximum atomic E-state index is 10.6. The second-order valence-electron chi connectivity index (χ2n) is 3.94. The quantitative estimate of drug-likeness (QED) is 0.423. The number of rotatable bonds is 8. The predicted molar refractivity (Wildman–Crippen MR) is 69.4 cm³/mol. The molecule has 1 aromatic rings. The van der Waals surface area contributed by atoms with Crippen LogP contribution >= 0.6 is 0 Å². The van der Waals surface area contributed by atoms with Gasteiger partial charge in [0.15, 0.2) is 0 Å². The van der Waals surface area contributed by atoms with Gasteiger partial charge in [-0.25, -0.2) is 0 Å². The Kier molecular flexibility index (Phi) is 5.74. The third kappa shape index (κ3) is 5.35. The van der Waals surface area contributed by atoms with Crippen molar-refractivity contribution >= 4 is 17.3 Å². The van der Waals surface area contributed by atoms with Crippen LogP contribution in [0.5, 0.6) is 0 Å². The van der Waals surface area contributed by atoms with Gasteiger partial charge in [-0.15, -0.1) is 0 Å². The molecule has 1 aromatic carbocycles. The van der Waals surface area contributed by atoms with E-state index in [-0.39, 0.29) is 18.7 Å². The van der Waals surface area contributed by atoms with E-state index in [1.807, 2.05) is 0 Å². The standard InChI is InChI=1S/C12H16N2O5/c1-9-8-10(14(17)18)2-3-11(9)13-5-7-19-6-4-12(15)16/h2-3,8,13H,4-7H2,1H3,(H,15,16). The molecule has 0 fully saturated rings. The third-order valence-electron chi connectivity index (χ3n) is 2.44. The number of nitro groups is 1. The molecular weight excluding hydrogens is 252 g/mol. The van der Waals surface area contributed by atoms with Crippen molar-refractivity contribution in [3.8, 4) is 0 Å². The van der Waals surface area contributed by atoms with E-state index in [2.05, 4.69) is 5.32 Å². The number of anilines is 1. The van der Waals surface area contributed by atoms with Crippen molar-refractivity contribution in [2.75, 3.05) is 25.1 Å². The molecule has 19 heavy (non-hydrogen) atoms. The van der Waals surface area contributed by atoms with Gasteiger partial charge in [-0.2, -0.15) is 0 Å². The first-order valence-corrected chi connectivity index (χ1v) is 5.79. The number of hydrogen-bond donors (Lipinski definition) is 2. The number of aryl methyl sites for hydroxylation is 1. The van der Waals surface area contributed by atoms with Crippen molar-refractivity contribution in [2.45, 2.75) is 13.3 Å². The van der Waals surface area contributed by atoms with Crippen LogP contribution in [0.1, 0.15) is 12.0 Å². The molecule has 0 saturated heterocycles. The normalized spacial score (nSPS) is 10.2. The zero-order valence-corrected chi connectivity index (χ0v) is 10.6. The van der Waals surface area contributed by atoms with Crippen LogP contribution in [0.15, 0.2) is 18.2 Å². The summed E-state index contributed by atoms with van der Waals surface area (Å²) in [4.78, 5) is 20.4. The minimum absolute atomic E-state index is 0.0173. The Hall–Kier alpha value is -2.15. The van der Waals surface area contributed by atoms with Crippen molar-refractivity contribution in [3.05, 3.63) is 33.9 Å². The fourth-order valence-electron chi connectivity index (χ4n) is 1.48. The Morgan fingerprint density at radius 3 is 2.79 bits per heavy atom. The van der Waals surface area contributed by atoms with E-state index in [0.29, 0.717) is 13.2 Å². The molecule has 0 saturated carbocycles. The highest BCUT2D eigenvalue weighted by Gasteiger charge is 2.07. The van der Waals surface area contributed by atoms with Crippen molar-refractivity contribution < 1.29 is 19.6 Å². The Balaban J connectivity index is 2.33. The summed E-state index contributed by atoms with van der Waals surface area (Å²) in [5.41, 5.74) is 1.63. The lowest BCUT2D eigenvalue weighted by Gasteiger charge is -2.09. The monoisotopic (exact) mass is 268 g/mol. The fourth-order valence-corrected chi connectivity index (χ4v) is 1.48. The summed E-state index contributed by atoms with van der Waals surface area (Å²) in [6.07, 6.45) is -0.0173. The maximum Gasteiger partial charge on any atom is 0.305 e. The van der Waals surface area contributed by atoms with E-state index in [0.717, 1.165) is 11.3 Å². The Morgan fingerprint density at radius 1 is 1.47 bits per heavy atom. The number of hydrogen-bond acceptors (Lipinski definition) is 5. The van der Waals surface area contributed by atoms with Gasteiger partial charge >= 0.3 is 5.97 Å².